The molecule has 1 heteroatoms. The molecule has 0 aromatic heterocycles. The second-order valence-corrected chi connectivity index (χ2v) is 8.69. The molecular formula is C21H26N+. The van der Waals surface area contributed by atoms with Crippen molar-refractivity contribution >= 4 is 11.4 Å². The largest absolute Gasteiger partial charge is 0.241 e. The SMILES string of the molecule is CC(C)(C)CC1C(C)(C)[N+]12c1ccccc1-c1ccccc12. The van der Waals surface area contributed by atoms with E-state index in [-0.39, 0.29) is 5.54 Å². The minimum Gasteiger partial charge on any atom is -0.241 e. The Morgan fingerprint density at radius 3 is 1.77 bits per heavy atom. The number of hydrogen-bond donors (Lipinski definition) is 0. The summed E-state index contributed by atoms with van der Waals surface area (Å²) in [6, 6.07) is 18.7. The summed E-state index contributed by atoms with van der Waals surface area (Å²) in [7, 11) is 0. The van der Waals surface area contributed by atoms with Gasteiger partial charge in [-0.3, -0.25) is 0 Å². The molecule has 2 aliphatic heterocycles. The number of nitrogens with zero attached hydrogens (tertiary/aromatic N) is 1. The normalized spacial score (nSPS) is 23.2. The molecule has 1 unspecified atom stereocenters. The van der Waals surface area contributed by atoms with Crippen LogP contribution in [-0.4, -0.2) is 11.6 Å². The molecule has 4 rings (SSSR count). The molecule has 1 nitrogen and oxygen atoms in total. The molecule has 1 spiro atoms. The van der Waals surface area contributed by atoms with Crippen LogP contribution in [0.2, 0.25) is 0 Å². The van der Waals surface area contributed by atoms with E-state index in [1.54, 1.807) is 0 Å². The Morgan fingerprint density at radius 2 is 1.32 bits per heavy atom. The molecule has 0 bridgehead atoms. The predicted molar refractivity (Wildman–Crippen MR) is 95.3 cm³/mol. The topological polar surface area (TPSA) is 0 Å². The van der Waals surface area contributed by atoms with Gasteiger partial charge < -0.3 is 0 Å². The van der Waals surface area contributed by atoms with Gasteiger partial charge in [0.1, 0.15) is 11.4 Å². The smallest absolute Gasteiger partial charge is 0.156 e. The maximum absolute atomic E-state index is 2.45. The molecule has 114 valence electrons. The lowest BCUT2D eigenvalue weighted by Gasteiger charge is -2.21. The Kier molecular flexibility index (Phi) is 2.56. The number of quaternary nitrogens is 1. The molecule has 0 saturated carbocycles. The molecule has 1 atom stereocenters. The van der Waals surface area contributed by atoms with Crippen LogP contribution in [0.15, 0.2) is 48.5 Å². The fourth-order valence-electron chi connectivity index (χ4n) is 4.84. The first kappa shape index (κ1) is 14.0. The average molecular weight is 292 g/mol. The van der Waals surface area contributed by atoms with Crippen LogP contribution >= 0.6 is 0 Å². The Labute approximate surface area is 134 Å². The van der Waals surface area contributed by atoms with Crippen LogP contribution < -0.4 is 4.48 Å². The van der Waals surface area contributed by atoms with Crippen molar-refractivity contribution in [2.75, 3.05) is 0 Å². The highest BCUT2D eigenvalue weighted by molar-refractivity contribution is 5.98. The zero-order valence-electron chi connectivity index (χ0n) is 14.4. The third kappa shape index (κ3) is 1.53. The highest BCUT2D eigenvalue weighted by Gasteiger charge is 2.78. The molecule has 2 aromatic carbocycles. The molecule has 0 aliphatic carbocycles. The highest BCUT2D eigenvalue weighted by atomic mass is 15.6. The number of para-hydroxylation sites is 2. The highest BCUT2D eigenvalue weighted by Crippen LogP contribution is 2.70. The average Bonchev–Trinajstić information content (AvgIpc) is 2.79. The third-order valence-corrected chi connectivity index (χ3v) is 5.79. The summed E-state index contributed by atoms with van der Waals surface area (Å²) in [4.78, 5) is 0. The maximum Gasteiger partial charge on any atom is 0.156 e. The lowest BCUT2D eigenvalue weighted by atomic mass is 9.87. The van der Waals surface area contributed by atoms with Gasteiger partial charge in [0.15, 0.2) is 11.6 Å². The van der Waals surface area contributed by atoms with Crippen molar-refractivity contribution in [1.29, 1.82) is 0 Å². The van der Waals surface area contributed by atoms with Gasteiger partial charge in [-0.05, 0) is 31.4 Å². The van der Waals surface area contributed by atoms with E-state index in [4.69, 9.17) is 0 Å². The standard InChI is InChI=1S/C21H26N/c1-20(2,3)14-19-21(4,5)22(19)17-12-8-6-10-15(17)16-11-7-9-13-18(16)22/h6-13,19H,14H2,1-5H3/q+1. The number of hydrogen-bond acceptors (Lipinski definition) is 0. The van der Waals surface area contributed by atoms with Gasteiger partial charge >= 0.3 is 0 Å². The van der Waals surface area contributed by atoms with E-state index >= 15 is 0 Å². The van der Waals surface area contributed by atoms with Crippen molar-refractivity contribution in [1.82, 2.24) is 4.48 Å². The summed E-state index contributed by atoms with van der Waals surface area (Å²) >= 11 is 0. The predicted octanol–water partition coefficient (Wildman–Crippen LogP) is 5.90. The van der Waals surface area contributed by atoms with Crippen molar-refractivity contribution < 1.29 is 0 Å². The summed E-state index contributed by atoms with van der Waals surface area (Å²) in [6.07, 6.45) is 1.25. The first-order valence-electron chi connectivity index (χ1n) is 8.38. The van der Waals surface area contributed by atoms with Crippen molar-refractivity contribution in [3.8, 4) is 11.1 Å². The van der Waals surface area contributed by atoms with Gasteiger partial charge in [0.05, 0.1) is 0 Å². The molecule has 0 N–H and O–H groups in total. The first-order chi connectivity index (χ1) is 10.3. The van der Waals surface area contributed by atoms with Gasteiger partial charge in [-0.15, -0.1) is 0 Å². The Bertz CT molecular complexity index is 703. The molecule has 0 amide bonds. The molecule has 1 fully saturated rings. The maximum atomic E-state index is 2.45. The van der Waals surface area contributed by atoms with Crippen LogP contribution in [0.4, 0.5) is 11.4 Å². The summed E-state index contributed by atoms with van der Waals surface area (Å²) in [5.74, 6) is 0. The summed E-state index contributed by atoms with van der Waals surface area (Å²) < 4.78 is 1.05. The minimum absolute atomic E-state index is 0.274. The van der Waals surface area contributed by atoms with Crippen LogP contribution in [0, 0.1) is 5.41 Å². The van der Waals surface area contributed by atoms with E-state index in [9.17, 15) is 0 Å². The van der Waals surface area contributed by atoms with Gasteiger partial charge in [0, 0.05) is 29.7 Å². The Morgan fingerprint density at radius 1 is 0.864 bits per heavy atom. The lowest BCUT2D eigenvalue weighted by Crippen LogP contribution is -2.27. The van der Waals surface area contributed by atoms with E-state index in [0.717, 1.165) is 4.48 Å². The summed E-state index contributed by atoms with van der Waals surface area (Å²) in [6.45, 7) is 12.0. The third-order valence-electron chi connectivity index (χ3n) is 5.79. The zero-order chi connectivity index (χ0) is 15.8. The quantitative estimate of drug-likeness (QED) is 0.453. The van der Waals surface area contributed by atoms with Crippen LogP contribution in [0.1, 0.15) is 41.0 Å². The molecule has 2 aromatic rings. The van der Waals surface area contributed by atoms with E-state index in [1.807, 2.05) is 0 Å². The number of rotatable bonds is 1. The summed E-state index contributed by atoms with van der Waals surface area (Å²) in [5.41, 5.74) is 6.50. The van der Waals surface area contributed by atoms with Gasteiger partial charge in [0.25, 0.3) is 0 Å². The van der Waals surface area contributed by atoms with Crippen LogP contribution in [0.25, 0.3) is 11.1 Å². The molecule has 0 radical (unpaired) electrons. The van der Waals surface area contributed by atoms with Crippen LogP contribution in [0.5, 0.6) is 0 Å². The van der Waals surface area contributed by atoms with E-state index in [1.165, 1.54) is 28.9 Å². The minimum atomic E-state index is 0.274. The van der Waals surface area contributed by atoms with Crippen molar-refractivity contribution in [3.63, 3.8) is 0 Å². The molecule has 1 saturated heterocycles. The monoisotopic (exact) mass is 292 g/mol. The van der Waals surface area contributed by atoms with E-state index in [0.29, 0.717) is 11.5 Å². The van der Waals surface area contributed by atoms with Gasteiger partial charge in [-0.25, -0.2) is 4.48 Å². The Hall–Kier alpha value is -1.60. The van der Waals surface area contributed by atoms with Gasteiger partial charge in [0.2, 0.25) is 0 Å². The molecular weight excluding hydrogens is 266 g/mol. The van der Waals surface area contributed by atoms with Crippen molar-refractivity contribution in [3.05, 3.63) is 48.5 Å². The number of benzene rings is 2. The fraction of sp³-hybridized carbons (Fsp3) is 0.429. The summed E-state index contributed by atoms with van der Waals surface area (Å²) in [5, 5.41) is 0. The van der Waals surface area contributed by atoms with Crippen LogP contribution in [-0.2, 0) is 0 Å². The van der Waals surface area contributed by atoms with Gasteiger partial charge in [-0.2, -0.15) is 0 Å². The second-order valence-electron chi connectivity index (χ2n) is 8.69. The molecule has 2 aliphatic rings. The number of fused-ring (bicyclic) bond motifs is 5. The van der Waals surface area contributed by atoms with E-state index < -0.39 is 0 Å². The van der Waals surface area contributed by atoms with E-state index in [2.05, 4.69) is 83.1 Å². The Balaban J connectivity index is 1.96. The van der Waals surface area contributed by atoms with Gasteiger partial charge in [-0.1, -0.05) is 45.0 Å². The molecule has 2 heterocycles. The fourth-order valence-corrected chi connectivity index (χ4v) is 4.84. The van der Waals surface area contributed by atoms with Crippen molar-refractivity contribution in [2.45, 2.75) is 52.6 Å². The first-order valence-corrected chi connectivity index (χ1v) is 8.38. The van der Waals surface area contributed by atoms with Crippen LogP contribution in [0.3, 0.4) is 0 Å². The lowest BCUT2D eigenvalue weighted by molar-refractivity contribution is 0.358. The van der Waals surface area contributed by atoms with Crippen molar-refractivity contribution in [2.24, 2.45) is 5.41 Å². The second kappa shape index (κ2) is 4.02. The molecule has 22 heavy (non-hydrogen) atoms. The zero-order valence-corrected chi connectivity index (χ0v) is 14.4.